The van der Waals surface area contributed by atoms with Crippen molar-refractivity contribution in [2.75, 3.05) is 0 Å². The van der Waals surface area contributed by atoms with Gasteiger partial charge in [-0.3, -0.25) is 0 Å². The van der Waals surface area contributed by atoms with Gasteiger partial charge in [0.1, 0.15) is 0 Å². The molecule has 0 spiro atoms. The molecule has 2 atom stereocenters. The molecule has 2 aromatic rings. The summed E-state index contributed by atoms with van der Waals surface area (Å²) in [5.41, 5.74) is 3.65. The lowest BCUT2D eigenvalue weighted by Crippen LogP contribution is -2.13. The number of H-pyrrole nitrogens is 1. The normalized spacial score (nSPS) is 15.1. The summed E-state index contributed by atoms with van der Waals surface area (Å²) >= 11 is 5.46. The van der Waals surface area contributed by atoms with Crippen LogP contribution in [0.15, 0.2) is 18.2 Å². The number of aryl methyl sites for hydroxylation is 1. The maximum atomic E-state index is 5.46. The molecule has 3 heteroatoms. The Balaban J connectivity index is 2.65. The zero-order valence-corrected chi connectivity index (χ0v) is 11.8. The van der Waals surface area contributed by atoms with Gasteiger partial charge in [-0.25, -0.2) is 0 Å². The molecule has 1 heterocycles. The maximum absolute atomic E-state index is 5.46. The van der Waals surface area contributed by atoms with E-state index in [0.29, 0.717) is 12.0 Å². The van der Waals surface area contributed by atoms with Gasteiger partial charge in [-0.15, -0.1) is 0 Å². The van der Waals surface area contributed by atoms with Gasteiger partial charge in [-0.05, 0) is 43.6 Å². The van der Waals surface area contributed by atoms with Crippen molar-refractivity contribution in [2.45, 2.75) is 40.2 Å². The van der Waals surface area contributed by atoms with Crippen molar-refractivity contribution < 1.29 is 0 Å². The molecule has 0 fully saturated rings. The Morgan fingerprint density at radius 3 is 2.71 bits per heavy atom. The van der Waals surface area contributed by atoms with E-state index in [1.165, 1.54) is 23.0 Å². The fourth-order valence-electron chi connectivity index (χ4n) is 2.29. The van der Waals surface area contributed by atoms with Gasteiger partial charge in [0.05, 0.1) is 11.0 Å². The first kappa shape index (κ1) is 12.4. The SMILES string of the molecule is CCC(C)C(C)n1c(=S)[nH]c2c(C)cccc21. The number of aromatic nitrogens is 2. The van der Waals surface area contributed by atoms with Crippen molar-refractivity contribution in [3.8, 4) is 0 Å². The van der Waals surface area contributed by atoms with E-state index in [9.17, 15) is 0 Å². The molecular weight excluding hydrogens is 228 g/mol. The largest absolute Gasteiger partial charge is 0.330 e. The predicted molar refractivity (Wildman–Crippen MR) is 76.0 cm³/mol. The number of benzene rings is 1. The van der Waals surface area contributed by atoms with E-state index in [1.54, 1.807) is 0 Å². The molecule has 2 rings (SSSR count). The number of rotatable bonds is 3. The molecular formula is C14H20N2S. The molecule has 1 aromatic carbocycles. The molecule has 92 valence electrons. The Labute approximate surface area is 108 Å². The number of nitrogens with one attached hydrogen (secondary N) is 1. The predicted octanol–water partition coefficient (Wildman–Crippen LogP) is 4.61. The number of nitrogens with zero attached hydrogens (tertiary/aromatic N) is 1. The second-order valence-electron chi connectivity index (χ2n) is 4.90. The number of para-hydroxylation sites is 1. The summed E-state index contributed by atoms with van der Waals surface area (Å²) in [6, 6.07) is 6.79. The highest BCUT2D eigenvalue weighted by Gasteiger charge is 2.16. The molecule has 0 saturated heterocycles. The number of hydrogen-bond donors (Lipinski definition) is 1. The molecule has 0 bridgehead atoms. The summed E-state index contributed by atoms with van der Waals surface area (Å²) in [6.45, 7) is 8.87. The van der Waals surface area contributed by atoms with E-state index in [2.05, 4.69) is 55.4 Å². The maximum Gasteiger partial charge on any atom is 0.178 e. The third-order valence-electron chi connectivity index (χ3n) is 3.84. The smallest absolute Gasteiger partial charge is 0.178 e. The monoisotopic (exact) mass is 248 g/mol. The molecule has 0 saturated carbocycles. The van der Waals surface area contributed by atoms with Crippen molar-refractivity contribution in [1.29, 1.82) is 0 Å². The quantitative estimate of drug-likeness (QED) is 0.786. The Morgan fingerprint density at radius 1 is 1.35 bits per heavy atom. The van der Waals surface area contributed by atoms with Crippen molar-refractivity contribution in [3.63, 3.8) is 0 Å². The minimum absolute atomic E-state index is 0.433. The van der Waals surface area contributed by atoms with Gasteiger partial charge in [0, 0.05) is 6.04 Å². The van der Waals surface area contributed by atoms with E-state index in [0.717, 1.165) is 4.77 Å². The van der Waals surface area contributed by atoms with Crippen LogP contribution < -0.4 is 0 Å². The molecule has 0 aliphatic heterocycles. The molecule has 0 aliphatic carbocycles. The van der Waals surface area contributed by atoms with Crippen LogP contribution >= 0.6 is 12.2 Å². The minimum Gasteiger partial charge on any atom is -0.330 e. The van der Waals surface area contributed by atoms with Gasteiger partial charge in [0.15, 0.2) is 4.77 Å². The van der Waals surface area contributed by atoms with Crippen LogP contribution in [0.3, 0.4) is 0 Å². The molecule has 2 unspecified atom stereocenters. The summed E-state index contributed by atoms with van der Waals surface area (Å²) in [5.74, 6) is 0.626. The highest BCUT2D eigenvalue weighted by molar-refractivity contribution is 7.71. The lowest BCUT2D eigenvalue weighted by atomic mass is 10.0. The summed E-state index contributed by atoms with van der Waals surface area (Å²) < 4.78 is 3.09. The van der Waals surface area contributed by atoms with Crippen LogP contribution in [0.5, 0.6) is 0 Å². The van der Waals surface area contributed by atoms with Crippen molar-refractivity contribution in [1.82, 2.24) is 9.55 Å². The first-order valence-electron chi connectivity index (χ1n) is 6.26. The zero-order valence-electron chi connectivity index (χ0n) is 10.9. The number of fused-ring (bicyclic) bond motifs is 1. The summed E-state index contributed by atoms with van der Waals surface area (Å²) in [6.07, 6.45) is 1.17. The molecule has 0 radical (unpaired) electrons. The second-order valence-corrected chi connectivity index (χ2v) is 5.28. The lowest BCUT2D eigenvalue weighted by molar-refractivity contribution is 0.374. The van der Waals surface area contributed by atoms with E-state index in [1.807, 2.05) is 0 Å². The molecule has 1 aromatic heterocycles. The van der Waals surface area contributed by atoms with Crippen molar-refractivity contribution in [3.05, 3.63) is 28.5 Å². The standard InChI is InChI=1S/C14H20N2S/c1-5-9(2)11(4)16-12-8-6-7-10(3)13(12)15-14(16)17/h6-9,11H,5H2,1-4H3,(H,15,17). The van der Waals surface area contributed by atoms with Crippen LogP contribution in [0.2, 0.25) is 0 Å². The highest BCUT2D eigenvalue weighted by atomic mass is 32.1. The van der Waals surface area contributed by atoms with Gasteiger partial charge in [-0.2, -0.15) is 0 Å². The Hall–Kier alpha value is -1.09. The van der Waals surface area contributed by atoms with Gasteiger partial charge in [0.25, 0.3) is 0 Å². The van der Waals surface area contributed by atoms with Crippen LogP contribution in [0, 0.1) is 17.6 Å². The van der Waals surface area contributed by atoms with Crippen molar-refractivity contribution >= 4 is 23.3 Å². The Bertz CT molecular complexity index is 579. The van der Waals surface area contributed by atoms with Gasteiger partial charge >= 0.3 is 0 Å². The number of hydrogen-bond acceptors (Lipinski definition) is 1. The summed E-state index contributed by atoms with van der Waals surface area (Å²) in [7, 11) is 0. The average molecular weight is 248 g/mol. The third kappa shape index (κ3) is 2.04. The Kier molecular flexibility index (Phi) is 3.38. The number of imidazole rings is 1. The minimum atomic E-state index is 0.433. The summed E-state index contributed by atoms with van der Waals surface area (Å²) in [4.78, 5) is 3.33. The average Bonchev–Trinajstić information content (AvgIpc) is 2.65. The highest BCUT2D eigenvalue weighted by Crippen LogP contribution is 2.27. The number of aromatic amines is 1. The zero-order chi connectivity index (χ0) is 12.6. The first-order valence-corrected chi connectivity index (χ1v) is 6.67. The second kappa shape index (κ2) is 4.65. The Morgan fingerprint density at radius 2 is 2.06 bits per heavy atom. The van der Waals surface area contributed by atoms with E-state index in [4.69, 9.17) is 12.2 Å². The first-order chi connectivity index (χ1) is 8.06. The fraction of sp³-hybridized carbons (Fsp3) is 0.500. The molecule has 2 nitrogen and oxygen atoms in total. The van der Waals surface area contributed by atoms with Crippen LogP contribution in [0.4, 0.5) is 0 Å². The van der Waals surface area contributed by atoms with Crippen LogP contribution in [0.25, 0.3) is 11.0 Å². The molecule has 1 N–H and O–H groups in total. The van der Waals surface area contributed by atoms with E-state index >= 15 is 0 Å². The van der Waals surface area contributed by atoms with Crippen LogP contribution in [-0.2, 0) is 0 Å². The third-order valence-corrected chi connectivity index (χ3v) is 4.13. The van der Waals surface area contributed by atoms with Gasteiger partial charge in [0.2, 0.25) is 0 Å². The molecule has 0 aliphatic rings. The van der Waals surface area contributed by atoms with Gasteiger partial charge in [-0.1, -0.05) is 32.4 Å². The summed E-state index contributed by atoms with van der Waals surface area (Å²) in [5, 5.41) is 0. The van der Waals surface area contributed by atoms with E-state index < -0.39 is 0 Å². The van der Waals surface area contributed by atoms with E-state index in [-0.39, 0.29) is 0 Å². The lowest BCUT2D eigenvalue weighted by Gasteiger charge is -2.20. The molecule has 17 heavy (non-hydrogen) atoms. The topological polar surface area (TPSA) is 20.7 Å². The van der Waals surface area contributed by atoms with Gasteiger partial charge < -0.3 is 9.55 Å². The molecule has 0 amide bonds. The van der Waals surface area contributed by atoms with Crippen LogP contribution in [0.1, 0.15) is 38.8 Å². The van der Waals surface area contributed by atoms with Crippen LogP contribution in [-0.4, -0.2) is 9.55 Å². The van der Waals surface area contributed by atoms with Crippen molar-refractivity contribution in [2.24, 2.45) is 5.92 Å². The fourth-order valence-corrected chi connectivity index (χ4v) is 2.66.